The van der Waals surface area contributed by atoms with Crippen LogP contribution in [0.3, 0.4) is 0 Å². The monoisotopic (exact) mass is 298 g/mol. The number of imidazole rings is 1. The van der Waals surface area contributed by atoms with Crippen molar-refractivity contribution in [2.24, 2.45) is 0 Å². The number of halogens is 1. The summed E-state index contributed by atoms with van der Waals surface area (Å²) in [5.74, 6) is 0.741. The summed E-state index contributed by atoms with van der Waals surface area (Å²) in [6.45, 7) is 0. The van der Waals surface area contributed by atoms with Gasteiger partial charge in [0.15, 0.2) is 5.69 Å². The second-order valence-corrected chi connectivity index (χ2v) is 4.65. The van der Waals surface area contributed by atoms with Gasteiger partial charge in [-0.15, -0.1) is 0 Å². The second-order valence-electron chi connectivity index (χ2n) is 3.73. The van der Waals surface area contributed by atoms with E-state index >= 15 is 0 Å². The van der Waals surface area contributed by atoms with Crippen molar-refractivity contribution in [3.05, 3.63) is 53.0 Å². The van der Waals surface area contributed by atoms with E-state index in [0.29, 0.717) is 5.69 Å². The van der Waals surface area contributed by atoms with Gasteiger partial charge in [-0.25, -0.2) is 4.98 Å². The fraction of sp³-hybridized carbons (Fsp3) is 0. The fourth-order valence-corrected chi connectivity index (χ4v) is 2.18. The summed E-state index contributed by atoms with van der Waals surface area (Å²) in [4.78, 5) is 8.36. The molecule has 3 heterocycles. The Hall–Kier alpha value is -2.19. The molecule has 0 aliphatic heterocycles. The van der Waals surface area contributed by atoms with Crippen molar-refractivity contribution in [3.8, 4) is 17.5 Å². The van der Waals surface area contributed by atoms with Crippen LogP contribution in [-0.4, -0.2) is 14.4 Å². The lowest BCUT2D eigenvalue weighted by molar-refractivity contribution is 1.15. The van der Waals surface area contributed by atoms with Crippen LogP contribution in [0, 0.1) is 11.3 Å². The summed E-state index contributed by atoms with van der Waals surface area (Å²) in [6.07, 6.45) is 5.32. The number of rotatable bonds is 1. The number of hydrogen-bond acceptors (Lipinski definition) is 3. The maximum absolute atomic E-state index is 9.12. The first kappa shape index (κ1) is 10.9. The molecule has 0 atom stereocenters. The van der Waals surface area contributed by atoms with Gasteiger partial charge in [0, 0.05) is 28.6 Å². The molecule has 4 nitrogen and oxygen atoms in total. The van der Waals surface area contributed by atoms with Crippen LogP contribution >= 0.6 is 15.9 Å². The molecule has 0 aromatic carbocycles. The van der Waals surface area contributed by atoms with Crippen molar-refractivity contribution in [2.45, 2.75) is 0 Å². The summed E-state index contributed by atoms with van der Waals surface area (Å²) >= 11 is 3.43. The van der Waals surface area contributed by atoms with Crippen molar-refractivity contribution >= 4 is 21.4 Å². The lowest BCUT2D eigenvalue weighted by atomic mass is 10.2. The highest BCUT2D eigenvalue weighted by Crippen LogP contribution is 2.23. The standard InChI is InChI=1S/C13H7BrN4/c14-10-1-2-12-11(7-15)17-13(18(12)8-10)9-3-5-16-6-4-9/h1-6,8H. The molecule has 5 heteroatoms. The lowest BCUT2D eigenvalue weighted by Crippen LogP contribution is -1.89. The summed E-state index contributed by atoms with van der Waals surface area (Å²) in [6, 6.07) is 9.63. The zero-order chi connectivity index (χ0) is 12.5. The molecule has 0 bridgehead atoms. The van der Waals surface area contributed by atoms with Gasteiger partial charge in [0.05, 0.1) is 5.52 Å². The van der Waals surface area contributed by atoms with E-state index in [1.807, 2.05) is 34.9 Å². The van der Waals surface area contributed by atoms with Crippen LogP contribution in [-0.2, 0) is 0 Å². The Morgan fingerprint density at radius 3 is 2.67 bits per heavy atom. The number of hydrogen-bond donors (Lipinski definition) is 0. The fourth-order valence-electron chi connectivity index (χ4n) is 1.85. The molecular formula is C13H7BrN4. The van der Waals surface area contributed by atoms with Crippen LogP contribution in [0.1, 0.15) is 5.69 Å². The lowest BCUT2D eigenvalue weighted by Gasteiger charge is -2.01. The van der Waals surface area contributed by atoms with E-state index in [4.69, 9.17) is 5.26 Å². The van der Waals surface area contributed by atoms with Gasteiger partial charge in [0.25, 0.3) is 0 Å². The smallest absolute Gasteiger partial charge is 0.166 e. The van der Waals surface area contributed by atoms with Crippen molar-refractivity contribution in [1.29, 1.82) is 5.26 Å². The van der Waals surface area contributed by atoms with Crippen LogP contribution in [0.15, 0.2) is 47.3 Å². The maximum atomic E-state index is 9.12. The number of nitrogens with zero attached hydrogens (tertiary/aromatic N) is 4. The van der Waals surface area contributed by atoms with E-state index in [-0.39, 0.29) is 0 Å². The molecule has 86 valence electrons. The van der Waals surface area contributed by atoms with Crippen LogP contribution in [0.2, 0.25) is 0 Å². The molecule has 0 saturated carbocycles. The highest BCUT2D eigenvalue weighted by Gasteiger charge is 2.12. The van der Waals surface area contributed by atoms with Gasteiger partial charge in [0.2, 0.25) is 0 Å². The Labute approximate surface area is 112 Å². The van der Waals surface area contributed by atoms with Gasteiger partial charge >= 0.3 is 0 Å². The maximum Gasteiger partial charge on any atom is 0.166 e. The largest absolute Gasteiger partial charge is 0.297 e. The third kappa shape index (κ3) is 1.67. The second kappa shape index (κ2) is 4.24. The SMILES string of the molecule is N#Cc1nc(-c2ccncc2)n2cc(Br)ccc12. The molecule has 18 heavy (non-hydrogen) atoms. The molecule has 0 fully saturated rings. The van der Waals surface area contributed by atoms with E-state index in [1.165, 1.54) is 0 Å². The molecule has 3 rings (SSSR count). The van der Waals surface area contributed by atoms with Crippen LogP contribution in [0.4, 0.5) is 0 Å². The molecule has 0 saturated heterocycles. The topological polar surface area (TPSA) is 54.0 Å². The Morgan fingerprint density at radius 1 is 1.17 bits per heavy atom. The Morgan fingerprint density at radius 2 is 1.94 bits per heavy atom. The summed E-state index contributed by atoms with van der Waals surface area (Å²) in [5.41, 5.74) is 2.15. The minimum Gasteiger partial charge on any atom is -0.297 e. The zero-order valence-electron chi connectivity index (χ0n) is 9.21. The van der Waals surface area contributed by atoms with Crippen molar-refractivity contribution in [3.63, 3.8) is 0 Å². The molecule has 0 N–H and O–H groups in total. The zero-order valence-corrected chi connectivity index (χ0v) is 10.8. The van der Waals surface area contributed by atoms with Crippen LogP contribution in [0.25, 0.3) is 16.9 Å². The first-order valence-electron chi connectivity index (χ1n) is 5.27. The Balaban J connectivity index is 2.37. The third-order valence-corrected chi connectivity index (χ3v) is 3.11. The van der Waals surface area contributed by atoms with Gasteiger partial charge in [-0.2, -0.15) is 5.26 Å². The van der Waals surface area contributed by atoms with Gasteiger partial charge in [-0.05, 0) is 40.2 Å². The first-order valence-corrected chi connectivity index (χ1v) is 6.07. The van der Waals surface area contributed by atoms with E-state index in [0.717, 1.165) is 21.4 Å². The van der Waals surface area contributed by atoms with Gasteiger partial charge in [-0.1, -0.05) is 0 Å². The molecule has 0 spiro atoms. The first-order chi connectivity index (χ1) is 8.79. The molecule has 0 amide bonds. The average Bonchev–Trinajstić information content (AvgIpc) is 2.77. The summed E-state index contributed by atoms with van der Waals surface area (Å²) < 4.78 is 2.84. The average molecular weight is 299 g/mol. The molecular weight excluding hydrogens is 292 g/mol. The molecule has 0 aliphatic carbocycles. The summed E-state index contributed by atoms with van der Waals surface area (Å²) in [7, 11) is 0. The molecule has 3 aromatic rings. The molecule has 0 radical (unpaired) electrons. The van der Waals surface area contributed by atoms with E-state index < -0.39 is 0 Å². The number of nitriles is 1. The molecule has 3 aromatic heterocycles. The number of fused-ring (bicyclic) bond motifs is 1. The van der Waals surface area contributed by atoms with Crippen LogP contribution in [0.5, 0.6) is 0 Å². The van der Waals surface area contributed by atoms with E-state index in [1.54, 1.807) is 12.4 Å². The molecule has 0 unspecified atom stereocenters. The van der Waals surface area contributed by atoms with E-state index in [9.17, 15) is 0 Å². The number of pyridine rings is 2. The minimum absolute atomic E-state index is 0.425. The predicted molar refractivity (Wildman–Crippen MR) is 70.8 cm³/mol. The highest BCUT2D eigenvalue weighted by atomic mass is 79.9. The minimum atomic E-state index is 0.425. The van der Waals surface area contributed by atoms with E-state index in [2.05, 4.69) is 32.0 Å². The van der Waals surface area contributed by atoms with Gasteiger partial charge in [-0.3, -0.25) is 9.38 Å². The molecule has 0 aliphatic rings. The van der Waals surface area contributed by atoms with Crippen molar-refractivity contribution < 1.29 is 0 Å². The predicted octanol–water partition coefficient (Wildman–Crippen LogP) is 3.03. The normalized spacial score (nSPS) is 10.4. The highest BCUT2D eigenvalue weighted by molar-refractivity contribution is 9.10. The van der Waals surface area contributed by atoms with Gasteiger partial charge < -0.3 is 0 Å². The quantitative estimate of drug-likeness (QED) is 0.694. The van der Waals surface area contributed by atoms with Gasteiger partial charge in [0.1, 0.15) is 11.9 Å². The Kier molecular flexibility index (Phi) is 2.58. The third-order valence-electron chi connectivity index (χ3n) is 2.65. The van der Waals surface area contributed by atoms with Crippen molar-refractivity contribution in [1.82, 2.24) is 14.4 Å². The number of aromatic nitrogens is 3. The Bertz CT molecular complexity index is 756. The van der Waals surface area contributed by atoms with Crippen molar-refractivity contribution in [2.75, 3.05) is 0 Å². The van der Waals surface area contributed by atoms with Crippen LogP contribution < -0.4 is 0 Å². The summed E-state index contributed by atoms with van der Waals surface area (Å²) in [5, 5.41) is 9.12.